The molecule has 0 aliphatic carbocycles. The van der Waals surface area contributed by atoms with E-state index in [2.05, 4.69) is 9.89 Å². The minimum absolute atomic E-state index is 0.0438. The van der Waals surface area contributed by atoms with Gasteiger partial charge in [0.2, 0.25) is 0 Å². The van der Waals surface area contributed by atoms with Gasteiger partial charge in [-0.05, 0) is 4.99 Å². The average Bonchev–Trinajstić information content (AvgIpc) is 2.95. The van der Waals surface area contributed by atoms with Crippen molar-refractivity contribution in [1.29, 1.82) is 0 Å². The number of likely N-dealkylation sites (N-methyl/N-ethyl adjacent to an activating group) is 2. The van der Waals surface area contributed by atoms with E-state index in [1.165, 1.54) is 11.9 Å². The highest BCUT2D eigenvalue weighted by Crippen LogP contribution is 2.19. The number of morpholine rings is 1. The fraction of sp³-hybridized carbons (Fsp3) is 0.733. The molecule has 3 heterocycles. The van der Waals surface area contributed by atoms with E-state index in [0.29, 0.717) is 38.6 Å². The van der Waals surface area contributed by atoms with Gasteiger partial charge in [-0.2, -0.15) is 0 Å². The number of aliphatic hydroxyl groups is 1. The fourth-order valence-corrected chi connectivity index (χ4v) is 3.23. The van der Waals surface area contributed by atoms with E-state index in [-0.39, 0.29) is 18.5 Å². The quantitative estimate of drug-likeness (QED) is 0.611. The van der Waals surface area contributed by atoms with Gasteiger partial charge in [0.15, 0.2) is 0 Å². The van der Waals surface area contributed by atoms with Crippen LogP contribution < -0.4 is 0 Å². The molecule has 9 nitrogen and oxygen atoms in total. The van der Waals surface area contributed by atoms with E-state index in [9.17, 15) is 14.7 Å². The number of nitrogens with zero attached hydrogens (tertiary/aromatic N) is 5. The van der Waals surface area contributed by atoms with Crippen LogP contribution in [0.3, 0.4) is 0 Å². The third kappa shape index (κ3) is 2.94. The van der Waals surface area contributed by atoms with Crippen LogP contribution in [0.2, 0.25) is 0 Å². The maximum atomic E-state index is 12.6. The molecule has 3 aliphatic rings. The molecule has 9 heteroatoms. The number of aliphatic imine (C=N–C) groups is 1. The fourth-order valence-electron chi connectivity index (χ4n) is 3.23. The number of amides is 3. The van der Waals surface area contributed by atoms with Gasteiger partial charge in [-0.25, -0.2) is 9.37 Å². The first-order chi connectivity index (χ1) is 11.5. The highest BCUT2D eigenvalue weighted by Gasteiger charge is 2.52. The molecule has 0 spiro atoms. The molecule has 0 aromatic carbocycles. The van der Waals surface area contributed by atoms with Crippen molar-refractivity contribution in [2.75, 3.05) is 60.1 Å². The summed E-state index contributed by atoms with van der Waals surface area (Å²) in [6.45, 7) is 4.17. The first-order valence-corrected chi connectivity index (χ1v) is 8.22. The largest absolute Gasteiger partial charge is 0.396 e. The highest BCUT2D eigenvalue weighted by atomic mass is 16.5. The summed E-state index contributed by atoms with van der Waals surface area (Å²) in [4.78, 5) is 34.2. The number of hydrogen-bond donors (Lipinski definition) is 1. The van der Waals surface area contributed by atoms with Crippen LogP contribution >= 0.6 is 0 Å². The van der Waals surface area contributed by atoms with Gasteiger partial charge in [0, 0.05) is 40.2 Å². The van der Waals surface area contributed by atoms with E-state index in [1.807, 2.05) is 4.58 Å². The van der Waals surface area contributed by atoms with Crippen molar-refractivity contribution in [2.45, 2.75) is 12.5 Å². The monoisotopic (exact) mass is 338 g/mol. The van der Waals surface area contributed by atoms with E-state index in [1.54, 1.807) is 7.05 Å². The van der Waals surface area contributed by atoms with Crippen molar-refractivity contribution in [2.24, 2.45) is 4.99 Å². The molecule has 3 rings (SSSR count). The number of imide groups is 1. The van der Waals surface area contributed by atoms with E-state index in [0.717, 1.165) is 23.8 Å². The molecule has 3 aliphatic heterocycles. The molecule has 2 fully saturated rings. The summed E-state index contributed by atoms with van der Waals surface area (Å²) in [5.74, 6) is 0.977. The molecule has 1 atom stereocenters. The SMILES string of the molecule is CN1C(=O)C2C(=NC(CN3CCOCC3)=[N+]2CCCO)N(C)C1=O. The van der Waals surface area contributed by atoms with Crippen LogP contribution in [0.5, 0.6) is 0 Å². The van der Waals surface area contributed by atoms with E-state index in [4.69, 9.17) is 4.74 Å². The summed E-state index contributed by atoms with van der Waals surface area (Å²) >= 11 is 0. The molecule has 0 radical (unpaired) electrons. The second-order valence-electron chi connectivity index (χ2n) is 6.19. The van der Waals surface area contributed by atoms with Gasteiger partial charge in [-0.3, -0.25) is 19.5 Å². The summed E-state index contributed by atoms with van der Waals surface area (Å²) in [5.41, 5.74) is 0. The van der Waals surface area contributed by atoms with Crippen molar-refractivity contribution >= 4 is 23.6 Å². The lowest BCUT2D eigenvalue weighted by Gasteiger charge is -2.30. The molecule has 132 valence electrons. The Morgan fingerprint density at radius 2 is 1.96 bits per heavy atom. The first kappa shape index (κ1) is 17.0. The van der Waals surface area contributed by atoms with E-state index >= 15 is 0 Å². The standard InChI is InChI=1S/C15H24N5O4/c1-17-13-12(14(22)18(2)15(17)23)20(4-3-7-21)11(16-13)10-19-5-8-24-9-6-19/h12,21H,3-10H2,1-2H3/q+1. The Morgan fingerprint density at radius 1 is 1.25 bits per heavy atom. The topological polar surface area (TPSA) is 88.7 Å². The molecule has 0 saturated carbocycles. The molecular weight excluding hydrogens is 314 g/mol. The Morgan fingerprint density at radius 3 is 2.62 bits per heavy atom. The molecule has 0 aromatic heterocycles. The van der Waals surface area contributed by atoms with Crippen molar-refractivity contribution in [3.05, 3.63) is 0 Å². The van der Waals surface area contributed by atoms with Gasteiger partial charge < -0.3 is 9.84 Å². The molecule has 3 amide bonds. The number of rotatable bonds is 5. The predicted octanol–water partition coefficient (Wildman–Crippen LogP) is -1.58. The smallest absolute Gasteiger partial charge is 0.333 e. The number of amidine groups is 2. The zero-order valence-corrected chi connectivity index (χ0v) is 14.1. The number of carbonyl (C=O) groups excluding carboxylic acids is 2. The van der Waals surface area contributed by atoms with Crippen molar-refractivity contribution in [3.63, 3.8) is 0 Å². The number of ether oxygens (including phenoxy) is 1. The number of aliphatic hydroxyl groups excluding tert-OH is 1. The average molecular weight is 338 g/mol. The Balaban J connectivity index is 1.89. The van der Waals surface area contributed by atoms with Gasteiger partial charge in [-0.15, -0.1) is 0 Å². The predicted molar refractivity (Wildman–Crippen MR) is 86.2 cm³/mol. The van der Waals surface area contributed by atoms with E-state index < -0.39 is 6.04 Å². The van der Waals surface area contributed by atoms with Crippen LogP contribution in [0.15, 0.2) is 4.99 Å². The van der Waals surface area contributed by atoms with Gasteiger partial charge in [0.25, 0.3) is 17.8 Å². The van der Waals surface area contributed by atoms with Crippen molar-refractivity contribution < 1.29 is 24.0 Å². The number of fused-ring (bicyclic) bond motifs is 1. The number of carbonyl (C=O) groups is 2. The van der Waals surface area contributed by atoms with Crippen LogP contribution in [-0.2, 0) is 9.53 Å². The second-order valence-corrected chi connectivity index (χ2v) is 6.19. The minimum Gasteiger partial charge on any atom is -0.396 e. The lowest BCUT2D eigenvalue weighted by Crippen LogP contribution is -2.61. The van der Waals surface area contributed by atoms with Gasteiger partial charge in [0.1, 0.15) is 6.54 Å². The molecule has 0 bridgehead atoms. The van der Waals surface area contributed by atoms with Gasteiger partial charge in [0.05, 0.1) is 19.8 Å². The third-order valence-electron chi connectivity index (χ3n) is 4.64. The molecule has 0 aromatic rings. The Hall–Kier alpha value is -1.84. The van der Waals surface area contributed by atoms with Crippen LogP contribution in [0.1, 0.15) is 6.42 Å². The lowest BCUT2D eigenvalue weighted by atomic mass is 10.1. The zero-order valence-electron chi connectivity index (χ0n) is 14.1. The second kappa shape index (κ2) is 6.96. The summed E-state index contributed by atoms with van der Waals surface area (Å²) in [5, 5.41) is 9.18. The molecule has 1 unspecified atom stereocenters. The van der Waals surface area contributed by atoms with Crippen LogP contribution in [0.4, 0.5) is 4.79 Å². The van der Waals surface area contributed by atoms with Crippen LogP contribution in [-0.4, -0.2) is 114 Å². The van der Waals surface area contributed by atoms with Crippen LogP contribution in [0.25, 0.3) is 0 Å². The highest BCUT2D eigenvalue weighted by molar-refractivity contribution is 6.23. The first-order valence-electron chi connectivity index (χ1n) is 8.22. The maximum absolute atomic E-state index is 12.6. The molecule has 1 N–H and O–H groups in total. The minimum atomic E-state index is -0.583. The van der Waals surface area contributed by atoms with Crippen LogP contribution in [0, 0.1) is 0 Å². The van der Waals surface area contributed by atoms with Crippen molar-refractivity contribution in [3.8, 4) is 0 Å². The number of hydrogen-bond acceptors (Lipinski definition) is 6. The summed E-state index contributed by atoms with van der Waals surface area (Å²) in [7, 11) is 3.13. The van der Waals surface area contributed by atoms with Gasteiger partial charge >= 0.3 is 11.9 Å². The molecule has 24 heavy (non-hydrogen) atoms. The maximum Gasteiger partial charge on any atom is 0.333 e. The number of urea groups is 1. The van der Waals surface area contributed by atoms with Gasteiger partial charge in [-0.1, -0.05) is 0 Å². The Kier molecular flexibility index (Phi) is 4.93. The lowest BCUT2D eigenvalue weighted by molar-refractivity contribution is -0.537. The Labute approximate surface area is 140 Å². The normalized spacial score (nSPS) is 25.5. The molecule has 2 saturated heterocycles. The molecular formula is C15H24N5O4+. The Bertz CT molecular complexity index is 597. The van der Waals surface area contributed by atoms with Crippen molar-refractivity contribution in [1.82, 2.24) is 14.7 Å². The summed E-state index contributed by atoms with van der Waals surface area (Å²) in [6.07, 6.45) is 0.542. The third-order valence-corrected chi connectivity index (χ3v) is 4.64. The summed E-state index contributed by atoms with van der Waals surface area (Å²) < 4.78 is 7.29. The summed E-state index contributed by atoms with van der Waals surface area (Å²) in [6, 6.07) is -0.954. The zero-order chi connectivity index (χ0) is 17.3.